The number of benzene rings is 1. The maximum absolute atomic E-state index is 12.1. The molecule has 1 aliphatic rings. The molecule has 2 rings (SSSR count). The summed E-state index contributed by atoms with van der Waals surface area (Å²) in [6, 6.07) is 9.91. The van der Waals surface area contributed by atoms with E-state index in [9.17, 15) is 4.79 Å². The molecule has 0 radical (unpaired) electrons. The number of para-hydroxylation sites is 1. The van der Waals surface area contributed by atoms with Gasteiger partial charge in [-0.2, -0.15) is 0 Å². The van der Waals surface area contributed by atoms with Crippen molar-refractivity contribution in [2.45, 2.75) is 51.1 Å². The quantitative estimate of drug-likeness (QED) is 0.759. The van der Waals surface area contributed by atoms with Crippen LogP contribution < -0.4 is 15.4 Å². The lowest BCUT2D eigenvalue weighted by atomic mass is 9.95. The van der Waals surface area contributed by atoms with Crippen LogP contribution in [0.3, 0.4) is 0 Å². The lowest BCUT2D eigenvalue weighted by Crippen LogP contribution is -2.47. The standard InChI is InChI=1S/C17H26N2O2/c1-14(17(20)19-15-8-4-2-5-9-15)18-12-13-21-16-10-6-3-7-11-16/h3,6-7,10-11,14-15,18H,2,4-5,8-9,12-13H2,1H3,(H,19,20). The Morgan fingerprint density at radius 1 is 1.24 bits per heavy atom. The second-order valence-corrected chi connectivity index (χ2v) is 5.68. The molecule has 0 aliphatic heterocycles. The number of hydrogen-bond donors (Lipinski definition) is 2. The van der Waals surface area contributed by atoms with E-state index in [0.717, 1.165) is 18.6 Å². The van der Waals surface area contributed by atoms with Crippen molar-refractivity contribution in [1.29, 1.82) is 0 Å². The highest BCUT2D eigenvalue weighted by atomic mass is 16.5. The van der Waals surface area contributed by atoms with Gasteiger partial charge < -0.3 is 15.4 Å². The summed E-state index contributed by atoms with van der Waals surface area (Å²) in [7, 11) is 0. The molecule has 1 aliphatic carbocycles. The topological polar surface area (TPSA) is 50.4 Å². The zero-order chi connectivity index (χ0) is 14.9. The smallest absolute Gasteiger partial charge is 0.237 e. The Morgan fingerprint density at radius 2 is 1.95 bits per heavy atom. The predicted molar refractivity (Wildman–Crippen MR) is 84.4 cm³/mol. The Bertz CT molecular complexity index is 416. The first-order chi connectivity index (χ1) is 10.3. The largest absolute Gasteiger partial charge is 0.492 e. The Kier molecular flexibility index (Phi) is 6.54. The highest BCUT2D eigenvalue weighted by Crippen LogP contribution is 2.17. The third-order valence-electron chi connectivity index (χ3n) is 3.91. The van der Waals surface area contributed by atoms with Crippen molar-refractivity contribution in [3.8, 4) is 5.75 Å². The molecule has 21 heavy (non-hydrogen) atoms. The van der Waals surface area contributed by atoms with E-state index >= 15 is 0 Å². The number of nitrogens with one attached hydrogen (secondary N) is 2. The van der Waals surface area contributed by atoms with Crippen LogP contribution in [0.15, 0.2) is 30.3 Å². The summed E-state index contributed by atoms with van der Waals surface area (Å²) >= 11 is 0. The van der Waals surface area contributed by atoms with Gasteiger partial charge in [0.25, 0.3) is 0 Å². The first-order valence-electron chi connectivity index (χ1n) is 7.97. The molecule has 2 N–H and O–H groups in total. The second-order valence-electron chi connectivity index (χ2n) is 5.68. The van der Waals surface area contributed by atoms with Crippen LogP contribution in [0.4, 0.5) is 0 Å². The van der Waals surface area contributed by atoms with Crippen LogP contribution in [-0.2, 0) is 4.79 Å². The van der Waals surface area contributed by atoms with Gasteiger partial charge in [0.2, 0.25) is 5.91 Å². The van der Waals surface area contributed by atoms with E-state index < -0.39 is 0 Å². The van der Waals surface area contributed by atoms with Crippen LogP contribution in [0.25, 0.3) is 0 Å². The van der Waals surface area contributed by atoms with E-state index in [1.165, 1.54) is 19.3 Å². The van der Waals surface area contributed by atoms with E-state index in [-0.39, 0.29) is 11.9 Å². The first kappa shape index (κ1) is 15.8. The number of rotatable bonds is 7. The molecule has 1 unspecified atom stereocenters. The van der Waals surface area contributed by atoms with Crippen molar-refractivity contribution >= 4 is 5.91 Å². The molecule has 1 fully saturated rings. The molecule has 0 heterocycles. The van der Waals surface area contributed by atoms with E-state index in [1.807, 2.05) is 37.3 Å². The van der Waals surface area contributed by atoms with Gasteiger partial charge in [-0.3, -0.25) is 4.79 Å². The lowest BCUT2D eigenvalue weighted by Gasteiger charge is -2.24. The van der Waals surface area contributed by atoms with Crippen molar-refractivity contribution in [1.82, 2.24) is 10.6 Å². The zero-order valence-corrected chi connectivity index (χ0v) is 12.8. The summed E-state index contributed by atoms with van der Waals surface area (Å²) in [6.07, 6.45) is 6.01. The molecule has 1 aromatic rings. The lowest BCUT2D eigenvalue weighted by molar-refractivity contribution is -0.123. The Hall–Kier alpha value is -1.55. The second kappa shape index (κ2) is 8.67. The van der Waals surface area contributed by atoms with Crippen molar-refractivity contribution in [2.24, 2.45) is 0 Å². The van der Waals surface area contributed by atoms with Gasteiger partial charge in [0.1, 0.15) is 12.4 Å². The van der Waals surface area contributed by atoms with Gasteiger partial charge in [-0.05, 0) is 31.9 Å². The number of ether oxygens (including phenoxy) is 1. The van der Waals surface area contributed by atoms with E-state index in [2.05, 4.69) is 10.6 Å². The Labute approximate surface area is 127 Å². The summed E-state index contributed by atoms with van der Waals surface area (Å²) in [4.78, 5) is 12.1. The molecule has 1 saturated carbocycles. The Balaban J connectivity index is 1.60. The van der Waals surface area contributed by atoms with Gasteiger partial charge in [0.15, 0.2) is 0 Å². The molecular formula is C17H26N2O2. The molecule has 4 nitrogen and oxygen atoms in total. The fourth-order valence-corrected chi connectivity index (χ4v) is 2.63. The van der Waals surface area contributed by atoms with Gasteiger partial charge >= 0.3 is 0 Å². The number of carbonyl (C=O) groups excluding carboxylic acids is 1. The maximum atomic E-state index is 12.1. The molecule has 0 aromatic heterocycles. The molecule has 0 saturated heterocycles. The van der Waals surface area contributed by atoms with Crippen molar-refractivity contribution < 1.29 is 9.53 Å². The molecule has 4 heteroatoms. The third-order valence-corrected chi connectivity index (χ3v) is 3.91. The number of amides is 1. The first-order valence-corrected chi connectivity index (χ1v) is 7.97. The minimum atomic E-state index is -0.175. The van der Waals surface area contributed by atoms with Crippen molar-refractivity contribution in [3.05, 3.63) is 30.3 Å². The highest BCUT2D eigenvalue weighted by molar-refractivity contribution is 5.81. The molecule has 0 bridgehead atoms. The molecule has 1 amide bonds. The van der Waals surface area contributed by atoms with Crippen LogP contribution in [0.5, 0.6) is 5.75 Å². The van der Waals surface area contributed by atoms with Crippen LogP contribution in [0.1, 0.15) is 39.0 Å². The van der Waals surface area contributed by atoms with Gasteiger partial charge in [-0.25, -0.2) is 0 Å². The molecule has 0 spiro atoms. The van der Waals surface area contributed by atoms with Gasteiger partial charge in [0.05, 0.1) is 6.04 Å². The third kappa shape index (κ3) is 5.76. The average molecular weight is 290 g/mol. The number of carbonyl (C=O) groups is 1. The normalized spacial score (nSPS) is 17.2. The summed E-state index contributed by atoms with van der Waals surface area (Å²) in [5.74, 6) is 0.959. The van der Waals surface area contributed by atoms with Gasteiger partial charge in [0, 0.05) is 12.6 Å². The minimum Gasteiger partial charge on any atom is -0.492 e. The van der Waals surface area contributed by atoms with Gasteiger partial charge in [-0.1, -0.05) is 37.5 Å². The van der Waals surface area contributed by atoms with Crippen molar-refractivity contribution in [2.75, 3.05) is 13.2 Å². The van der Waals surface area contributed by atoms with Crippen LogP contribution in [-0.4, -0.2) is 31.1 Å². The maximum Gasteiger partial charge on any atom is 0.237 e. The van der Waals surface area contributed by atoms with Crippen LogP contribution in [0, 0.1) is 0 Å². The Morgan fingerprint density at radius 3 is 2.67 bits per heavy atom. The fourth-order valence-electron chi connectivity index (χ4n) is 2.63. The average Bonchev–Trinajstić information content (AvgIpc) is 2.53. The minimum absolute atomic E-state index is 0.0987. The summed E-state index contributed by atoms with van der Waals surface area (Å²) in [5, 5.41) is 6.34. The highest BCUT2D eigenvalue weighted by Gasteiger charge is 2.18. The summed E-state index contributed by atoms with van der Waals surface area (Å²) in [6.45, 7) is 3.12. The van der Waals surface area contributed by atoms with E-state index in [1.54, 1.807) is 0 Å². The van der Waals surface area contributed by atoms with E-state index in [4.69, 9.17) is 4.74 Å². The summed E-state index contributed by atoms with van der Waals surface area (Å²) in [5.41, 5.74) is 0. The molecule has 1 atom stereocenters. The van der Waals surface area contributed by atoms with E-state index in [0.29, 0.717) is 19.2 Å². The monoisotopic (exact) mass is 290 g/mol. The van der Waals surface area contributed by atoms with Crippen LogP contribution >= 0.6 is 0 Å². The van der Waals surface area contributed by atoms with Crippen LogP contribution in [0.2, 0.25) is 0 Å². The predicted octanol–water partition coefficient (Wildman–Crippen LogP) is 2.49. The molecule has 116 valence electrons. The fraction of sp³-hybridized carbons (Fsp3) is 0.588. The molecule has 1 aromatic carbocycles. The van der Waals surface area contributed by atoms with Gasteiger partial charge in [-0.15, -0.1) is 0 Å². The van der Waals surface area contributed by atoms with Crippen molar-refractivity contribution in [3.63, 3.8) is 0 Å². The zero-order valence-electron chi connectivity index (χ0n) is 12.8. The SMILES string of the molecule is CC(NCCOc1ccccc1)C(=O)NC1CCCCC1. The molecular weight excluding hydrogens is 264 g/mol. The summed E-state index contributed by atoms with van der Waals surface area (Å²) < 4.78 is 5.59. The number of hydrogen-bond acceptors (Lipinski definition) is 3.